The number of para-hydroxylation sites is 2. The first kappa shape index (κ1) is 22.3. The Bertz CT molecular complexity index is 1450. The molecule has 7 heteroatoms. The van der Waals surface area contributed by atoms with E-state index in [9.17, 15) is 9.59 Å². The van der Waals surface area contributed by atoms with E-state index in [1.54, 1.807) is 36.4 Å². The zero-order valence-corrected chi connectivity index (χ0v) is 19.3. The Balaban J connectivity index is 1.20. The molecule has 1 amide bonds. The Morgan fingerprint density at radius 1 is 0.771 bits per heavy atom. The molecule has 35 heavy (non-hydrogen) atoms. The number of carbonyl (C=O) groups is 2. The van der Waals surface area contributed by atoms with Gasteiger partial charge >= 0.3 is 5.97 Å². The third-order valence-electron chi connectivity index (χ3n) is 5.12. The van der Waals surface area contributed by atoms with Crippen LogP contribution < -0.4 is 10.1 Å². The van der Waals surface area contributed by atoms with Crippen LogP contribution in [0.3, 0.4) is 0 Å². The number of benzene rings is 4. The molecule has 1 N–H and O–H groups in total. The monoisotopic (exact) mass is 480 g/mol. The van der Waals surface area contributed by atoms with Crippen molar-refractivity contribution in [3.63, 3.8) is 0 Å². The Hall–Kier alpha value is -4.49. The van der Waals surface area contributed by atoms with Gasteiger partial charge in [-0.3, -0.25) is 4.79 Å². The average Bonchev–Trinajstić information content (AvgIpc) is 3.33. The van der Waals surface area contributed by atoms with Gasteiger partial charge in [0.15, 0.2) is 6.61 Å². The maximum absolute atomic E-state index is 12.8. The molecule has 6 nitrogen and oxygen atoms in total. The third kappa shape index (κ3) is 5.37. The van der Waals surface area contributed by atoms with Gasteiger partial charge in [-0.2, -0.15) is 0 Å². The predicted molar refractivity (Wildman–Crippen MR) is 137 cm³/mol. The van der Waals surface area contributed by atoms with Crippen LogP contribution in [-0.2, 0) is 9.53 Å². The summed E-state index contributed by atoms with van der Waals surface area (Å²) < 4.78 is 12.1. The molecule has 0 radical (unpaired) electrons. The Kier molecular flexibility index (Phi) is 6.50. The molecule has 4 aromatic carbocycles. The molecule has 0 aliphatic carbocycles. The molecule has 172 valence electrons. The van der Waals surface area contributed by atoms with Gasteiger partial charge in [-0.15, -0.1) is 11.3 Å². The van der Waals surface area contributed by atoms with Crippen molar-refractivity contribution < 1.29 is 19.1 Å². The number of aromatic nitrogens is 1. The van der Waals surface area contributed by atoms with Gasteiger partial charge in [0, 0.05) is 11.3 Å². The minimum Gasteiger partial charge on any atom is -0.457 e. The molecular formula is C28H20N2O4S. The number of esters is 1. The largest absolute Gasteiger partial charge is 0.457 e. The van der Waals surface area contributed by atoms with Crippen molar-refractivity contribution in [3.8, 4) is 22.1 Å². The van der Waals surface area contributed by atoms with Crippen LogP contribution in [0.5, 0.6) is 11.5 Å². The number of anilines is 1. The molecule has 0 aliphatic rings. The standard InChI is InChI=1S/C28H20N2O4S/c31-26(29-19-14-16-21(17-15-19)34-20-8-2-1-3-9-20)18-33-28(32)23-11-5-4-10-22(23)27-30-24-12-6-7-13-25(24)35-27/h1-17H,18H2,(H,29,31). The van der Waals surface area contributed by atoms with E-state index in [-0.39, 0.29) is 0 Å². The lowest BCUT2D eigenvalue weighted by Gasteiger charge is -2.10. The smallest absolute Gasteiger partial charge is 0.339 e. The predicted octanol–water partition coefficient (Wildman–Crippen LogP) is 6.55. The molecule has 0 atom stereocenters. The van der Waals surface area contributed by atoms with E-state index in [2.05, 4.69) is 10.3 Å². The second-order valence-corrected chi connectivity index (χ2v) is 8.63. The maximum atomic E-state index is 12.8. The number of nitrogens with zero attached hydrogens (tertiary/aromatic N) is 1. The molecule has 0 saturated heterocycles. The summed E-state index contributed by atoms with van der Waals surface area (Å²) in [4.78, 5) is 29.8. The van der Waals surface area contributed by atoms with Crippen molar-refractivity contribution in [3.05, 3.63) is 109 Å². The van der Waals surface area contributed by atoms with Crippen molar-refractivity contribution in [1.29, 1.82) is 0 Å². The Labute approximate surface area is 205 Å². The SMILES string of the molecule is O=C(COC(=O)c1ccccc1-c1nc2ccccc2s1)Nc1ccc(Oc2ccccc2)cc1. The van der Waals surface area contributed by atoms with E-state index in [1.807, 2.05) is 66.7 Å². The summed E-state index contributed by atoms with van der Waals surface area (Å²) in [6, 6.07) is 31.3. The Morgan fingerprint density at radius 3 is 2.26 bits per heavy atom. The van der Waals surface area contributed by atoms with E-state index in [1.165, 1.54) is 11.3 Å². The summed E-state index contributed by atoms with van der Waals surface area (Å²) in [6.07, 6.45) is 0. The van der Waals surface area contributed by atoms with Gasteiger partial charge in [0.25, 0.3) is 5.91 Å². The van der Waals surface area contributed by atoms with Gasteiger partial charge in [-0.25, -0.2) is 9.78 Å². The molecular weight excluding hydrogens is 460 g/mol. The summed E-state index contributed by atoms with van der Waals surface area (Å²) in [5, 5.41) is 3.45. The van der Waals surface area contributed by atoms with Crippen LogP contribution in [0.4, 0.5) is 5.69 Å². The van der Waals surface area contributed by atoms with E-state index < -0.39 is 18.5 Å². The number of nitrogens with one attached hydrogen (secondary N) is 1. The van der Waals surface area contributed by atoms with E-state index in [0.717, 1.165) is 21.0 Å². The van der Waals surface area contributed by atoms with Gasteiger partial charge in [-0.1, -0.05) is 48.5 Å². The molecule has 0 aliphatic heterocycles. The van der Waals surface area contributed by atoms with Crippen molar-refractivity contribution in [2.24, 2.45) is 0 Å². The number of carbonyl (C=O) groups excluding carboxylic acids is 2. The molecule has 0 spiro atoms. The molecule has 0 fully saturated rings. The van der Waals surface area contributed by atoms with Crippen LogP contribution in [0.2, 0.25) is 0 Å². The molecule has 1 heterocycles. The number of hydrogen-bond donors (Lipinski definition) is 1. The fourth-order valence-corrected chi connectivity index (χ4v) is 4.48. The van der Waals surface area contributed by atoms with Gasteiger partial charge in [0.1, 0.15) is 16.5 Å². The summed E-state index contributed by atoms with van der Waals surface area (Å²) in [5.74, 6) is 0.351. The van der Waals surface area contributed by atoms with E-state index >= 15 is 0 Å². The van der Waals surface area contributed by atoms with Gasteiger partial charge in [0.05, 0.1) is 15.8 Å². The van der Waals surface area contributed by atoms with Crippen LogP contribution in [-0.4, -0.2) is 23.5 Å². The molecule has 0 unspecified atom stereocenters. The number of amides is 1. The van der Waals surface area contributed by atoms with E-state index in [4.69, 9.17) is 9.47 Å². The van der Waals surface area contributed by atoms with Crippen LogP contribution >= 0.6 is 11.3 Å². The lowest BCUT2D eigenvalue weighted by molar-refractivity contribution is -0.119. The number of thiazole rings is 1. The molecule has 0 saturated carbocycles. The zero-order chi connectivity index (χ0) is 24.0. The van der Waals surface area contributed by atoms with Crippen molar-refractivity contribution in [2.75, 3.05) is 11.9 Å². The number of ether oxygens (including phenoxy) is 2. The molecule has 0 bridgehead atoms. The normalized spacial score (nSPS) is 10.6. The van der Waals surface area contributed by atoms with Crippen LogP contribution in [0.25, 0.3) is 20.8 Å². The first-order valence-electron chi connectivity index (χ1n) is 10.9. The first-order chi connectivity index (χ1) is 17.2. The highest BCUT2D eigenvalue weighted by Crippen LogP contribution is 2.32. The fourth-order valence-electron chi connectivity index (χ4n) is 3.47. The lowest BCUT2D eigenvalue weighted by Crippen LogP contribution is -2.21. The summed E-state index contributed by atoms with van der Waals surface area (Å²) in [7, 11) is 0. The second-order valence-electron chi connectivity index (χ2n) is 7.60. The first-order valence-corrected chi connectivity index (χ1v) is 11.7. The lowest BCUT2D eigenvalue weighted by atomic mass is 10.1. The highest BCUT2D eigenvalue weighted by molar-refractivity contribution is 7.21. The molecule has 5 rings (SSSR count). The number of hydrogen-bond acceptors (Lipinski definition) is 6. The van der Waals surface area contributed by atoms with Crippen molar-refractivity contribution >= 4 is 39.1 Å². The number of rotatable bonds is 7. The third-order valence-corrected chi connectivity index (χ3v) is 6.19. The molecule has 5 aromatic rings. The van der Waals surface area contributed by atoms with Crippen molar-refractivity contribution in [1.82, 2.24) is 4.98 Å². The topological polar surface area (TPSA) is 77.5 Å². The molecule has 1 aromatic heterocycles. The average molecular weight is 481 g/mol. The summed E-state index contributed by atoms with van der Waals surface area (Å²) >= 11 is 1.50. The second kappa shape index (κ2) is 10.2. The van der Waals surface area contributed by atoms with Crippen LogP contribution in [0, 0.1) is 0 Å². The van der Waals surface area contributed by atoms with Gasteiger partial charge in [-0.05, 0) is 54.6 Å². The summed E-state index contributed by atoms with van der Waals surface area (Å²) in [5.41, 5.74) is 2.48. The maximum Gasteiger partial charge on any atom is 0.339 e. The minimum atomic E-state index is -0.582. The van der Waals surface area contributed by atoms with Crippen molar-refractivity contribution in [2.45, 2.75) is 0 Å². The minimum absolute atomic E-state index is 0.363. The summed E-state index contributed by atoms with van der Waals surface area (Å²) in [6.45, 7) is -0.407. The fraction of sp³-hybridized carbons (Fsp3) is 0.0357. The highest BCUT2D eigenvalue weighted by atomic mass is 32.1. The Morgan fingerprint density at radius 2 is 1.46 bits per heavy atom. The highest BCUT2D eigenvalue weighted by Gasteiger charge is 2.18. The van der Waals surface area contributed by atoms with Gasteiger partial charge in [0.2, 0.25) is 0 Å². The quantitative estimate of drug-likeness (QED) is 0.267. The van der Waals surface area contributed by atoms with Crippen LogP contribution in [0.15, 0.2) is 103 Å². The van der Waals surface area contributed by atoms with Gasteiger partial charge < -0.3 is 14.8 Å². The van der Waals surface area contributed by atoms with Crippen LogP contribution in [0.1, 0.15) is 10.4 Å². The zero-order valence-electron chi connectivity index (χ0n) is 18.5. The van der Waals surface area contributed by atoms with E-state index in [0.29, 0.717) is 22.6 Å². The number of fused-ring (bicyclic) bond motifs is 1.